The van der Waals surface area contributed by atoms with Crippen LogP contribution in [0.25, 0.3) is 0 Å². The lowest BCUT2D eigenvalue weighted by Crippen LogP contribution is -2.45. The van der Waals surface area contributed by atoms with Crippen molar-refractivity contribution >= 4 is 11.6 Å². The molecule has 1 aliphatic heterocycles. The van der Waals surface area contributed by atoms with Crippen molar-refractivity contribution in [2.75, 3.05) is 50.5 Å². The van der Waals surface area contributed by atoms with Crippen LogP contribution in [0.4, 0.5) is 11.6 Å². The van der Waals surface area contributed by atoms with Crippen molar-refractivity contribution < 1.29 is 4.74 Å². The quantitative estimate of drug-likeness (QED) is 0.833. The number of nitrogens with one attached hydrogen (secondary N) is 2. The van der Waals surface area contributed by atoms with Gasteiger partial charge < -0.3 is 15.4 Å². The van der Waals surface area contributed by atoms with Gasteiger partial charge in [0.25, 0.3) is 0 Å². The molecule has 1 fully saturated rings. The molecular weight excluding hydrogens is 266 g/mol. The van der Waals surface area contributed by atoms with Crippen LogP contribution in [-0.4, -0.2) is 60.8 Å². The molecule has 1 aliphatic rings. The SMILES string of the molecule is CCN1CCOC(CNc2cc(NC)nc(C(C)C)n2)C1. The zero-order valence-electron chi connectivity index (χ0n) is 13.5. The fourth-order valence-electron chi connectivity index (χ4n) is 2.35. The van der Waals surface area contributed by atoms with Crippen LogP contribution in [-0.2, 0) is 4.74 Å². The molecule has 0 aliphatic carbocycles. The van der Waals surface area contributed by atoms with E-state index in [1.54, 1.807) is 0 Å². The van der Waals surface area contributed by atoms with Crippen molar-refractivity contribution in [2.45, 2.75) is 32.8 Å². The predicted molar refractivity (Wildman–Crippen MR) is 86.0 cm³/mol. The van der Waals surface area contributed by atoms with Crippen LogP contribution in [0.5, 0.6) is 0 Å². The zero-order valence-corrected chi connectivity index (χ0v) is 13.5. The molecule has 118 valence electrons. The number of morpholine rings is 1. The highest BCUT2D eigenvalue weighted by Gasteiger charge is 2.19. The molecule has 1 atom stereocenters. The van der Waals surface area contributed by atoms with Gasteiger partial charge in [0.15, 0.2) is 0 Å². The van der Waals surface area contributed by atoms with Gasteiger partial charge >= 0.3 is 0 Å². The lowest BCUT2D eigenvalue weighted by molar-refractivity contribution is -0.0192. The van der Waals surface area contributed by atoms with Crippen LogP contribution in [0, 0.1) is 0 Å². The smallest absolute Gasteiger partial charge is 0.135 e. The summed E-state index contributed by atoms with van der Waals surface area (Å²) in [6.07, 6.45) is 0.217. The second-order valence-electron chi connectivity index (χ2n) is 5.67. The summed E-state index contributed by atoms with van der Waals surface area (Å²) in [4.78, 5) is 11.5. The minimum atomic E-state index is 0.217. The molecule has 6 heteroatoms. The molecule has 6 nitrogen and oxygen atoms in total. The fraction of sp³-hybridized carbons (Fsp3) is 0.733. The van der Waals surface area contributed by atoms with Crippen molar-refractivity contribution in [3.63, 3.8) is 0 Å². The van der Waals surface area contributed by atoms with Crippen molar-refractivity contribution in [1.29, 1.82) is 0 Å². The largest absolute Gasteiger partial charge is 0.374 e. The minimum absolute atomic E-state index is 0.217. The molecule has 2 heterocycles. The van der Waals surface area contributed by atoms with Gasteiger partial charge in [0.05, 0.1) is 12.7 Å². The minimum Gasteiger partial charge on any atom is -0.374 e. The Balaban J connectivity index is 1.97. The number of hydrogen-bond acceptors (Lipinski definition) is 6. The number of anilines is 2. The topological polar surface area (TPSA) is 62.3 Å². The number of rotatable bonds is 6. The summed E-state index contributed by atoms with van der Waals surface area (Å²) in [6, 6.07) is 1.94. The van der Waals surface area contributed by atoms with Crippen LogP contribution >= 0.6 is 0 Å². The van der Waals surface area contributed by atoms with Gasteiger partial charge in [-0.05, 0) is 6.54 Å². The number of aromatic nitrogens is 2. The van der Waals surface area contributed by atoms with Crippen LogP contribution in [0.15, 0.2) is 6.07 Å². The van der Waals surface area contributed by atoms with Crippen molar-refractivity contribution in [3.05, 3.63) is 11.9 Å². The highest BCUT2D eigenvalue weighted by atomic mass is 16.5. The zero-order chi connectivity index (χ0) is 15.2. The van der Waals surface area contributed by atoms with Gasteiger partial charge in [-0.15, -0.1) is 0 Å². The molecule has 2 rings (SSSR count). The van der Waals surface area contributed by atoms with Gasteiger partial charge in [-0.3, -0.25) is 4.90 Å². The monoisotopic (exact) mass is 293 g/mol. The van der Waals surface area contributed by atoms with E-state index in [0.29, 0.717) is 5.92 Å². The third-order valence-electron chi connectivity index (χ3n) is 3.70. The summed E-state index contributed by atoms with van der Waals surface area (Å²) in [5, 5.41) is 6.47. The maximum atomic E-state index is 5.80. The molecule has 0 saturated carbocycles. The second-order valence-corrected chi connectivity index (χ2v) is 5.67. The molecule has 2 N–H and O–H groups in total. The maximum Gasteiger partial charge on any atom is 0.135 e. The lowest BCUT2D eigenvalue weighted by atomic mass is 10.2. The first-order valence-electron chi connectivity index (χ1n) is 7.77. The number of hydrogen-bond donors (Lipinski definition) is 2. The summed E-state index contributed by atoms with van der Waals surface area (Å²) >= 11 is 0. The van der Waals surface area contributed by atoms with E-state index >= 15 is 0 Å². The van der Waals surface area contributed by atoms with E-state index in [0.717, 1.165) is 50.2 Å². The van der Waals surface area contributed by atoms with Crippen molar-refractivity contribution in [3.8, 4) is 0 Å². The van der Waals surface area contributed by atoms with Gasteiger partial charge in [-0.25, -0.2) is 9.97 Å². The Morgan fingerprint density at radius 2 is 2.14 bits per heavy atom. The summed E-state index contributed by atoms with van der Waals surface area (Å²) in [5.74, 6) is 2.86. The Kier molecular flexibility index (Phi) is 5.76. The van der Waals surface area contributed by atoms with E-state index in [2.05, 4.69) is 46.3 Å². The van der Waals surface area contributed by atoms with Crippen LogP contribution in [0.3, 0.4) is 0 Å². The highest BCUT2D eigenvalue weighted by molar-refractivity contribution is 5.47. The first-order chi connectivity index (χ1) is 10.1. The Morgan fingerprint density at radius 1 is 1.38 bits per heavy atom. The van der Waals surface area contributed by atoms with Gasteiger partial charge in [-0.2, -0.15) is 0 Å². The van der Waals surface area contributed by atoms with E-state index in [1.165, 1.54) is 0 Å². The molecule has 0 spiro atoms. The van der Waals surface area contributed by atoms with Crippen LogP contribution in [0.1, 0.15) is 32.5 Å². The Labute approximate surface area is 127 Å². The summed E-state index contributed by atoms with van der Waals surface area (Å²) < 4.78 is 5.80. The van der Waals surface area contributed by atoms with Gasteiger partial charge in [0, 0.05) is 38.7 Å². The molecule has 21 heavy (non-hydrogen) atoms. The normalized spacial score (nSPS) is 19.8. The van der Waals surface area contributed by atoms with Crippen LogP contribution < -0.4 is 10.6 Å². The lowest BCUT2D eigenvalue weighted by Gasteiger charge is -2.32. The standard InChI is InChI=1S/C15H27N5O/c1-5-20-6-7-21-12(10-20)9-17-14-8-13(16-4)18-15(19-14)11(2)3/h8,11-12H,5-7,9-10H2,1-4H3,(H2,16,17,18,19). The average Bonchev–Trinajstić information content (AvgIpc) is 2.52. The number of ether oxygens (including phenoxy) is 1. The Bertz CT molecular complexity index is 452. The molecule has 0 radical (unpaired) electrons. The number of nitrogens with zero attached hydrogens (tertiary/aromatic N) is 3. The van der Waals surface area contributed by atoms with Gasteiger partial charge in [0.1, 0.15) is 17.5 Å². The summed E-state index contributed by atoms with van der Waals surface area (Å²) in [6.45, 7) is 11.1. The molecule has 1 aromatic heterocycles. The van der Waals surface area contributed by atoms with E-state index in [4.69, 9.17) is 4.74 Å². The van der Waals surface area contributed by atoms with Crippen molar-refractivity contribution in [2.24, 2.45) is 0 Å². The van der Waals surface area contributed by atoms with E-state index < -0.39 is 0 Å². The van der Waals surface area contributed by atoms with E-state index in [1.807, 2.05) is 13.1 Å². The predicted octanol–water partition coefficient (Wildman–Crippen LogP) is 1.77. The molecule has 1 aromatic rings. The van der Waals surface area contributed by atoms with Crippen LogP contribution in [0.2, 0.25) is 0 Å². The first kappa shape index (κ1) is 16.0. The second kappa shape index (κ2) is 7.56. The Hall–Kier alpha value is -1.40. The van der Waals surface area contributed by atoms with E-state index in [9.17, 15) is 0 Å². The van der Waals surface area contributed by atoms with Crippen molar-refractivity contribution in [1.82, 2.24) is 14.9 Å². The van der Waals surface area contributed by atoms with E-state index in [-0.39, 0.29) is 6.10 Å². The van der Waals surface area contributed by atoms with Gasteiger partial charge in [-0.1, -0.05) is 20.8 Å². The average molecular weight is 293 g/mol. The molecular formula is C15H27N5O. The third kappa shape index (κ3) is 4.54. The summed E-state index contributed by atoms with van der Waals surface area (Å²) in [7, 11) is 1.87. The molecule has 0 amide bonds. The maximum absolute atomic E-state index is 5.80. The molecule has 0 bridgehead atoms. The molecule has 1 unspecified atom stereocenters. The Morgan fingerprint density at radius 3 is 2.81 bits per heavy atom. The number of likely N-dealkylation sites (N-methyl/N-ethyl adjacent to an activating group) is 1. The third-order valence-corrected chi connectivity index (χ3v) is 3.70. The summed E-state index contributed by atoms with van der Waals surface area (Å²) in [5.41, 5.74) is 0. The highest BCUT2D eigenvalue weighted by Crippen LogP contribution is 2.17. The first-order valence-corrected chi connectivity index (χ1v) is 7.77. The fourth-order valence-corrected chi connectivity index (χ4v) is 2.35. The molecule has 1 saturated heterocycles. The van der Waals surface area contributed by atoms with Gasteiger partial charge in [0.2, 0.25) is 0 Å². The molecule has 0 aromatic carbocycles.